The summed E-state index contributed by atoms with van der Waals surface area (Å²) in [5.41, 5.74) is 6.15. The SMILES string of the molecule is CN(C(=O)c1c(F)cccc1Cl)c1ccc(-c2cc(C(N)=O)ccc2Cl)cc1N1CCC[C@@H]1C(F)(F)F. The van der Waals surface area contributed by atoms with E-state index in [0.717, 1.165) is 11.0 Å². The summed E-state index contributed by atoms with van der Waals surface area (Å²) in [7, 11) is 1.34. The summed E-state index contributed by atoms with van der Waals surface area (Å²) in [6.45, 7) is 0.0815. The topological polar surface area (TPSA) is 66.6 Å². The molecule has 0 saturated carbocycles. The number of carbonyl (C=O) groups is 2. The normalized spacial score (nSPS) is 15.6. The minimum absolute atomic E-state index is 0.0815. The Balaban J connectivity index is 1.88. The quantitative estimate of drug-likeness (QED) is 0.357. The lowest BCUT2D eigenvalue weighted by Crippen LogP contribution is -2.42. The van der Waals surface area contributed by atoms with E-state index in [-0.39, 0.29) is 46.4 Å². The zero-order valence-corrected chi connectivity index (χ0v) is 21.0. The van der Waals surface area contributed by atoms with Gasteiger partial charge < -0.3 is 15.5 Å². The number of benzene rings is 3. The Morgan fingerprint density at radius 3 is 2.43 bits per heavy atom. The molecule has 0 aliphatic carbocycles. The predicted molar refractivity (Wildman–Crippen MR) is 136 cm³/mol. The van der Waals surface area contributed by atoms with Crippen LogP contribution in [0.3, 0.4) is 0 Å². The van der Waals surface area contributed by atoms with Crippen LogP contribution in [-0.4, -0.2) is 37.6 Å². The first-order chi connectivity index (χ1) is 17.4. The van der Waals surface area contributed by atoms with Crippen molar-refractivity contribution in [2.24, 2.45) is 5.73 Å². The van der Waals surface area contributed by atoms with Crippen LogP contribution in [0.25, 0.3) is 11.1 Å². The molecule has 11 heteroatoms. The lowest BCUT2D eigenvalue weighted by molar-refractivity contribution is -0.145. The maximum atomic E-state index is 14.5. The third kappa shape index (κ3) is 5.24. The van der Waals surface area contributed by atoms with Crippen LogP contribution in [-0.2, 0) is 0 Å². The highest BCUT2D eigenvalue weighted by atomic mass is 35.5. The maximum absolute atomic E-state index is 14.5. The van der Waals surface area contributed by atoms with Gasteiger partial charge in [0.2, 0.25) is 5.91 Å². The van der Waals surface area contributed by atoms with Gasteiger partial charge in [-0.25, -0.2) is 4.39 Å². The van der Waals surface area contributed by atoms with E-state index in [1.165, 1.54) is 54.4 Å². The Hall–Kier alpha value is -3.30. The van der Waals surface area contributed by atoms with Crippen molar-refractivity contribution in [1.29, 1.82) is 0 Å². The van der Waals surface area contributed by atoms with E-state index in [0.29, 0.717) is 11.1 Å². The molecule has 0 bridgehead atoms. The molecule has 1 atom stereocenters. The Bertz CT molecular complexity index is 1360. The van der Waals surface area contributed by atoms with Gasteiger partial charge in [0.1, 0.15) is 11.9 Å². The molecule has 1 saturated heterocycles. The molecule has 1 aliphatic rings. The molecule has 0 aromatic heterocycles. The average Bonchev–Trinajstić information content (AvgIpc) is 3.34. The number of amides is 2. The van der Waals surface area contributed by atoms with Gasteiger partial charge in [-0.1, -0.05) is 35.3 Å². The van der Waals surface area contributed by atoms with Crippen molar-refractivity contribution in [2.75, 3.05) is 23.4 Å². The second-order valence-corrected chi connectivity index (χ2v) is 9.43. The summed E-state index contributed by atoms with van der Waals surface area (Å²) in [6, 6.07) is 10.8. The molecule has 37 heavy (non-hydrogen) atoms. The van der Waals surface area contributed by atoms with Crippen LogP contribution in [0.4, 0.5) is 28.9 Å². The van der Waals surface area contributed by atoms with Crippen LogP contribution >= 0.6 is 23.2 Å². The zero-order chi connectivity index (χ0) is 27.1. The van der Waals surface area contributed by atoms with Crippen LogP contribution in [0.5, 0.6) is 0 Å². The predicted octanol–water partition coefficient (Wildman–Crippen LogP) is 6.71. The number of halogens is 6. The van der Waals surface area contributed by atoms with Gasteiger partial charge in [-0.2, -0.15) is 13.2 Å². The fraction of sp³-hybridized carbons (Fsp3) is 0.231. The zero-order valence-electron chi connectivity index (χ0n) is 19.5. The summed E-state index contributed by atoms with van der Waals surface area (Å²) >= 11 is 12.4. The molecule has 3 aromatic rings. The molecule has 0 unspecified atom stereocenters. The molecule has 194 valence electrons. The minimum atomic E-state index is -4.52. The summed E-state index contributed by atoms with van der Waals surface area (Å²) < 4.78 is 56.3. The van der Waals surface area contributed by atoms with E-state index in [4.69, 9.17) is 28.9 Å². The average molecular weight is 554 g/mol. The van der Waals surface area contributed by atoms with Gasteiger partial charge in [-0.15, -0.1) is 0 Å². The van der Waals surface area contributed by atoms with Crippen molar-refractivity contribution >= 4 is 46.4 Å². The first kappa shape index (κ1) is 26.8. The summed E-state index contributed by atoms with van der Waals surface area (Å²) in [6.07, 6.45) is -4.37. The lowest BCUT2D eigenvalue weighted by Gasteiger charge is -2.33. The number of hydrogen-bond acceptors (Lipinski definition) is 3. The van der Waals surface area contributed by atoms with E-state index >= 15 is 0 Å². The molecule has 0 radical (unpaired) electrons. The van der Waals surface area contributed by atoms with Crippen LogP contribution in [0.2, 0.25) is 10.0 Å². The molecule has 0 spiro atoms. The summed E-state index contributed by atoms with van der Waals surface area (Å²) in [5.74, 6) is -2.38. The molecule has 2 amide bonds. The summed E-state index contributed by atoms with van der Waals surface area (Å²) in [4.78, 5) is 27.2. The van der Waals surface area contributed by atoms with Gasteiger partial charge in [-0.05, 0) is 60.9 Å². The van der Waals surface area contributed by atoms with Crippen LogP contribution in [0, 0.1) is 5.82 Å². The highest BCUT2D eigenvalue weighted by molar-refractivity contribution is 6.35. The van der Waals surface area contributed by atoms with Crippen LogP contribution in [0.15, 0.2) is 54.6 Å². The standard InChI is InChI=1S/C26H21Cl2F4N3O2/c1-34(25(37)23-18(28)4-2-5-19(23)29)20-10-8-14(16-12-15(24(33)36)7-9-17(16)27)13-21(20)35-11-3-6-22(35)26(30,31)32/h2,4-5,7-10,12-13,22H,3,6,11H2,1H3,(H2,33,36)/t22-/m1/s1. The van der Waals surface area contributed by atoms with Crippen molar-refractivity contribution in [3.63, 3.8) is 0 Å². The fourth-order valence-electron chi connectivity index (χ4n) is 4.48. The van der Waals surface area contributed by atoms with Gasteiger partial charge in [0, 0.05) is 29.7 Å². The number of nitrogens with zero attached hydrogens (tertiary/aromatic N) is 2. The highest BCUT2D eigenvalue weighted by Gasteiger charge is 2.46. The molecule has 4 rings (SSSR count). The Morgan fingerprint density at radius 2 is 1.78 bits per heavy atom. The molecule has 5 nitrogen and oxygen atoms in total. The van der Waals surface area contributed by atoms with Crippen LogP contribution in [0.1, 0.15) is 33.6 Å². The Labute approximate surface area is 220 Å². The fourth-order valence-corrected chi connectivity index (χ4v) is 4.95. The van der Waals surface area contributed by atoms with E-state index in [1.54, 1.807) is 6.07 Å². The van der Waals surface area contributed by atoms with Crippen molar-refractivity contribution in [3.8, 4) is 11.1 Å². The molecule has 1 fully saturated rings. The molecule has 1 aliphatic heterocycles. The number of rotatable bonds is 5. The van der Waals surface area contributed by atoms with E-state index in [9.17, 15) is 27.2 Å². The number of alkyl halides is 3. The number of anilines is 2. The molecular formula is C26H21Cl2F4N3O2. The molecular weight excluding hydrogens is 533 g/mol. The van der Waals surface area contributed by atoms with E-state index < -0.39 is 35.4 Å². The smallest absolute Gasteiger partial charge is 0.366 e. The van der Waals surface area contributed by atoms with Gasteiger partial charge in [0.15, 0.2) is 0 Å². The third-order valence-corrected chi connectivity index (χ3v) is 6.96. The number of primary amides is 1. The van der Waals surface area contributed by atoms with Gasteiger partial charge in [0.25, 0.3) is 5.91 Å². The number of carbonyl (C=O) groups excluding carboxylic acids is 2. The minimum Gasteiger partial charge on any atom is -0.366 e. The largest absolute Gasteiger partial charge is 0.408 e. The van der Waals surface area contributed by atoms with Crippen molar-refractivity contribution in [2.45, 2.75) is 25.1 Å². The monoisotopic (exact) mass is 553 g/mol. The van der Waals surface area contributed by atoms with E-state index in [1.807, 2.05) is 0 Å². The lowest BCUT2D eigenvalue weighted by atomic mass is 10.00. The number of nitrogens with two attached hydrogens (primary N) is 1. The highest BCUT2D eigenvalue weighted by Crippen LogP contribution is 2.43. The van der Waals surface area contributed by atoms with Gasteiger partial charge >= 0.3 is 6.18 Å². The third-order valence-electron chi connectivity index (χ3n) is 6.32. The first-order valence-electron chi connectivity index (χ1n) is 11.2. The first-order valence-corrected chi connectivity index (χ1v) is 11.9. The van der Waals surface area contributed by atoms with Gasteiger partial charge in [0.05, 0.1) is 22.0 Å². The summed E-state index contributed by atoms with van der Waals surface area (Å²) in [5, 5.41) is 0.125. The van der Waals surface area contributed by atoms with E-state index in [2.05, 4.69) is 0 Å². The number of hydrogen-bond donors (Lipinski definition) is 1. The van der Waals surface area contributed by atoms with Gasteiger partial charge in [-0.3, -0.25) is 9.59 Å². The van der Waals surface area contributed by atoms with Crippen molar-refractivity contribution < 1.29 is 27.2 Å². The Kier molecular flexibility index (Phi) is 7.39. The molecule has 2 N–H and O–H groups in total. The van der Waals surface area contributed by atoms with Crippen molar-refractivity contribution in [1.82, 2.24) is 0 Å². The second kappa shape index (κ2) is 10.2. The van der Waals surface area contributed by atoms with Crippen molar-refractivity contribution in [3.05, 3.63) is 81.6 Å². The Morgan fingerprint density at radius 1 is 1.05 bits per heavy atom. The maximum Gasteiger partial charge on any atom is 0.408 e. The second-order valence-electron chi connectivity index (χ2n) is 8.62. The molecule has 1 heterocycles. The molecule has 3 aromatic carbocycles. The van der Waals surface area contributed by atoms with Crippen LogP contribution < -0.4 is 15.5 Å².